The molecule has 0 spiro atoms. The Hall–Kier alpha value is -1.06. The van der Waals surface area contributed by atoms with Gasteiger partial charge in [-0.25, -0.2) is 4.79 Å². The van der Waals surface area contributed by atoms with Crippen LogP contribution in [0.5, 0.6) is 0 Å². The molecule has 0 aliphatic heterocycles. The van der Waals surface area contributed by atoms with Gasteiger partial charge in [-0.3, -0.25) is 4.79 Å². The van der Waals surface area contributed by atoms with E-state index in [0.717, 1.165) is 12.8 Å². The third-order valence-electron chi connectivity index (χ3n) is 2.82. The summed E-state index contributed by atoms with van der Waals surface area (Å²) in [7, 11) is 1.73. The van der Waals surface area contributed by atoms with E-state index in [4.69, 9.17) is 4.74 Å². The van der Waals surface area contributed by atoms with Crippen LogP contribution < -0.4 is 0 Å². The van der Waals surface area contributed by atoms with Crippen molar-refractivity contribution in [2.75, 3.05) is 13.6 Å². The van der Waals surface area contributed by atoms with Crippen LogP contribution in [0, 0.1) is 5.92 Å². The molecule has 1 aliphatic rings. The van der Waals surface area contributed by atoms with Crippen molar-refractivity contribution in [2.24, 2.45) is 5.92 Å². The van der Waals surface area contributed by atoms with Crippen LogP contribution in [0.15, 0.2) is 0 Å². The highest BCUT2D eigenvalue weighted by Crippen LogP contribution is 2.22. The molecule has 1 rings (SSSR count). The largest absolute Gasteiger partial charge is 0.444 e. The monoisotopic (exact) mass is 241 g/mol. The van der Waals surface area contributed by atoms with Gasteiger partial charge < -0.3 is 9.64 Å². The van der Waals surface area contributed by atoms with E-state index in [1.165, 1.54) is 0 Å². The zero-order chi connectivity index (χ0) is 13.1. The Kier molecular flexibility index (Phi) is 4.54. The van der Waals surface area contributed by atoms with Gasteiger partial charge in [-0.1, -0.05) is 0 Å². The quantitative estimate of drug-likeness (QED) is 0.746. The Labute approximate surface area is 103 Å². The molecule has 1 atom stereocenters. The van der Waals surface area contributed by atoms with Crippen LogP contribution in [-0.4, -0.2) is 36.0 Å². The molecule has 0 heterocycles. The smallest absolute Gasteiger partial charge is 0.410 e. The summed E-state index contributed by atoms with van der Waals surface area (Å²) in [6.45, 7) is 6.16. The van der Waals surface area contributed by atoms with E-state index in [-0.39, 0.29) is 6.09 Å². The van der Waals surface area contributed by atoms with Gasteiger partial charge in [0, 0.05) is 26.4 Å². The lowest BCUT2D eigenvalue weighted by Crippen LogP contribution is -2.38. The summed E-state index contributed by atoms with van der Waals surface area (Å²) in [5.41, 5.74) is -0.465. The van der Waals surface area contributed by atoms with Crippen LogP contribution in [0.3, 0.4) is 0 Å². The van der Waals surface area contributed by atoms with Crippen molar-refractivity contribution in [3.63, 3.8) is 0 Å². The number of rotatable bonds is 2. The SMILES string of the molecule is CN(CC1CCCC(=O)C1)C(=O)OC(C)(C)C. The van der Waals surface area contributed by atoms with Gasteiger partial charge in [-0.2, -0.15) is 0 Å². The van der Waals surface area contributed by atoms with Gasteiger partial charge in [0.05, 0.1) is 0 Å². The van der Waals surface area contributed by atoms with Crippen molar-refractivity contribution < 1.29 is 14.3 Å². The van der Waals surface area contributed by atoms with Crippen LogP contribution in [-0.2, 0) is 9.53 Å². The fraction of sp³-hybridized carbons (Fsp3) is 0.846. The Bertz CT molecular complexity index is 294. The number of ketones is 1. The van der Waals surface area contributed by atoms with E-state index in [0.29, 0.717) is 31.1 Å². The molecule has 1 saturated carbocycles. The van der Waals surface area contributed by atoms with Gasteiger partial charge in [0.25, 0.3) is 0 Å². The molecular formula is C13H23NO3. The molecule has 1 fully saturated rings. The summed E-state index contributed by atoms with van der Waals surface area (Å²) in [4.78, 5) is 24.6. The van der Waals surface area contributed by atoms with Crippen molar-refractivity contribution in [2.45, 2.75) is 52.1 Å². The minimum Gasteiger partial charge on any atom is -0.444 e. The molecule has 4 heteroatoms. The Morgan fingerprint density at radius 1 is 1.47 bits per heavy atom. The molecule has 4 nitrogen and oxygen atoms in total. The van der Waals surface area contributed by atoms with Crippen LogP contribution in [0.1, 0.15) is 46.5 Å². The number of hydrogen-bond donors (Lipinski definition) is 0. The molecule has 0 radical (unpaired) electrons. The highest BCUT2D eigenvalue weighted by molar-refractivity contribution is 5.79. The summed E-state index contributed by atoms with van der Waals surface area (Å²) >= 11 is 0. The zero-order valence-electron chi connectivity index (χ0n) is 11.3. The fourth-order valence-electron chi connectivity index (χ4n) is 2.07. The predicted octanol–water partition coefficient (Wildman–Crippen LogP) is 2.61. The second-order valence-electron chi connectivity index (χ2n) is 5.86. The molecule has 0 N–H and O–H groups in total. The maximum Gasteiger partial charge on any atom is 0.410 e. The van der Waals surface area contributed by atoms with Gasteiger partial charge in [-0.15, -0.1) is 0 Å². The first kappa shape index (κ1) is 14.0. The van der Waals surface area contributed by atoms with E-state index >= 15 is 0 Å². The lowest BCUT2D eigenvalue weighted by molar-refractivity contribution is -0.121. The van der Waals surface area contributed by atoms with E-state index in [1.807, 2.05) is 20.8 Å². The highest BCUT2D eigenvalue weighted by atomic mass is 16.6. The van der Waals surface area contributed by atoms with E-state index in [1.54, 1.807) is 11.9 Å². The van der Waals surface area contributed by atoms with Crippen molar-refractivity contribution in [1.82, 2.24) is 4.90 Å². The number of amides is 1. The molecule has 98 valence electrons. The molecule has 1 amide bonds. The maximum atomic E-state index is 11.7. The van der Waals surface area contributed by atoms with Gasteiger partial charge in [0.15, 0.2) is 0 Å². The van der Waals surface area contributed by atoms with E-state index in [9.17, 15) is 9.59 Å². The topological polar surface area (TPSA) is 46.6 Å². The van der Waals surface area contributed by atoms with Crippen LogP contribution in [0.4, 0.5) is 4.79 Å². The fourth-order valence-corrected chi connectivity index (χ4v) is 2.07. The summed E-state index contributed by atoms with van der Waals surface area (Å²) < 4.78 is 5.27. The molecular weight excluding hydrogens is 218 g/mol. The van der Waals surface area contributed by atoms with Crippen molar-refractivity contribution in [3.05, 3.63) is 0 Å². The maximum absolute atomic E-state index is 11.7. The lowest BCUT2D eigenvalue weighted by atomic mass is 9.88. The number of carbonyl (C=O) groups excluding carboxylic acids is 2. The lowest BCUT2D eigenvalue weighted by Gasteiger charge is -2.28. The number of Topliss-reactive ketones (excluding diaryl/α,β-unsaturated/α-hetero) is 1. The third-order valence-corrected chi connectivity index (χ3v) is 2.82. The Balaban J connectivity index is 2.40. The molecule has 0 aromatic heterocycles. The number of ether oxygens (including phenoxy) is 1. The first-order valence-electron chi connectivity index (χ1n) is 6.24. The normalized spacial score (nSPS) is 21.2. The average molecular weight is 241 g/mol. The number of carbonyl (C=O) groups is 2. The summed E-state index contributed by atoms with van der Waals surface area (Å²) in [6, 6.07) is 0. The summed E-state index contributed by atoms with van der Waals surface area (Å²) in [5.74, 6) is 0.618. The highest BCUT2D eigenvalue weighted by Gasteiger charge is 2.25. The first-order chi connectivity index (χ1) is 7.78. The van der Waals surface area contributed by atoms with Gasteiger partial charge >= 0.3 is 6.09 Å². The van der Waals surface area contributed by atoms with Crippen LogP contribution in [0.25, 0.3) is 0 Å². The van der Waals surface area contributed by atoms with Crippen LogP contribution in [0.2, 0.25) is 0 Å². The number of nitrogens with zero attached hydrogens (tertiary/aromatic N) is 1. The van der Waals surface area contributed by atoms with Crippen molar-refractivity contribution in [1.29, 1.82) is 0 Å². The Morgan fingerprint density at radius 3 is 2.65 bits per heavy atom. The minimum absolute atomic E-state index is 0.300. The molecule has 1 aliphatic carbocycles. The average Bonchev–Trinajstić information content (AvgIpc) is 2.14. The molecule has 17 heavy (non-hydrogen) atoms. The third kappa shape index (κ3) is 5.20. The standard InChI is InChI=1S/C13H23NO3/c1-13(2,3)17-12(16)14(4)9-10-6-5-7-11(15)8-10/h10H,5-9H2,1-4H3. The molecule has 0 aromatic carbocycles. The van der Waals surface area contributed by atoms with Crippen molar-refractivity contribution >= 4 is 11.9 Å². The minimum atomic E-state index is -0.465. The van der Waals surface area contributed by atoms with Gasteiger partial charge in [-0.05, 0) is 39.5 Å². The number of hydrogen-bond acceptors (Lipinski definition) is 3. The molecule has 0 saturated heterocycles. The summed E-state index contributed by atoms with van der Waals surface area (Å²) in [6.07, 6.45) is 2.97. The molecule has 0 aromatic rings. The van der Waals surface area contributed by atoms with Crippen molar-refractivity contribution in [3.8, 4) is 0 Å². The first-order valence-corrected chi connectivity index (χ1v) is 6.24. The Morgan fingerprint density at radius 2 is 2.12 bits per heavy atom. The van der Waals surface area contributed by atoms with Gasteiger partial charge in [0.2, 0.25) is 0 Å². The van der Waals surface area contributed by atoms with Gasteiger partial charge in [0.1, 0.15) is 11.4 Å². The van der Waals surface area contributed by atoms with Crippen LogP contribution >= 0.6 is 0 Å². The second kappa shape index (κ2) is 5.52. The van der Waals surface area contributed by atoms with E-state index < -0.39 is 5.60 Å². The second-order valence-corrected chi connectivity index (χ2v) is 5.86. The summed E-state index contributed by atoms with van der Waals surface area (Å²) in [5, 5.41) is 0. The molecule has 0 bridgehead atoms. The zero-order valence-corrected chi connectivity index (χ0v) is 11.3. The van der Waals surface area contributed by atoms with E-state index in [2.05, 4.69) is 0 Å². The predicted molar refractivity (Wildman–Crippen MR) is 65.8 cm³/mol. The molecule has 1 unspecified atom stereocenters.